The molecule has 268 valence electrons. The van der Waals surface area contributed by atoms with Crippen LogP contribution < -0.4 is 0 Å². The Bertz CT molecular complexity index is 3240. The Morgan fingerprint density at radius 1 is 0.414 bits per heavy atom. The number of rotatable bonds is 4. The molecule has 8 aromatic carbocycles. The predicted molar refractivity (Wildman–Crippen MR) is 240 cm³/mol. The second kappa shape index (κ2) is 12.7. The minimum atomic E-state index is -0.431. The van der Waals surface area contributed by atoms with E-state index in [1.54, 1.807) is 0 Å². The molecule has 2 heterocycles. The van der Waals surface area contributed by atoms with Crippen molar-refractivity contribution in [2.45, 2.75) is 5.41 Å². The molecule has 0 N–H and O–H groups in total. The number of benzene rings is 8. The summed E-state index contributed by atoms with van der Waals surface area (Å²) < 4.78 is 0. The van der Waals surface area contributed by atoms with Crippen LogP contribution in [0, 0.1) is 0 Å². The summed E-state index contributed by atoms with van der Waals surface area (Å²) in [5.74, 6) is 0. The fourth-order valence-electron chi connectivity index (χ4n) is 9.85. The first-order valence-electron chi connectivity index (χ1n) is 19.9. The van der Waals surface area contributed by atoms with Crippen molar-refractivity contribution in [1.82, 2.24) is 4.98 Å². The minimum absolute atomic E-state index is 0.431. The minimum Gasteiger partial charge on any atom is -0.247 e. The van der Waals surface area contributed by atoms with Crippen LogP contribution in [0.1, 0.15) is 38.9 Å². The van der Waals surface area contributed by atoms with E-state index in [2.05, 4.69) is 200 Å². The molecule has 0 radical (unpaired) electrons. The third kappa shape index (κ3) is 4.67. The highest BCUT2D eigenvalue weighted by molar-refractivity contribution is 6.19. The van der Waals surface area contributed by atoms with Gasteiger partial charge in [-0.2, -0.15) is 0 Å². The molecule has 0 saturated carbocycles. The lowest BCUT2D eigenvalue weighted by Crippen LogP contribution is -2.25. The third-order valence-corrected chi connectivity index (χ3v) is 12.3. The van der Waals surface area contributed by atoms with Crippen LogP contribution in [-0.2, 0) is 5.41 Å². The normalized spacial score (nSPS) is 14.3. The lowest BCUT2D eigenvalue weighted by Gasteiger charge is -2.30. The van der Waals surface area contributed by atoms with E-state index in [0.717, 1.165) is 55.8 Å². The third-order valence-electron chi connectivity index (χ3n) is 12.3. The van der Waals surface area contributed by atoms with Crippen LogP contribution in [0.2, 0.25) is 0 Å². The van der Waals surface area contributed by atoms with E-state index < -0.39 is 5.41 Å². The fraction of sp³-hybridized carbons (Fsp3) is 0.0179. The largest absolute Gasteiger partial charge is 0.247 e. The van der Waals surface area contributed by atoms with E-state index >= 15 is 0 Å². The van der Waals surface area contributed by atoms with Gasteiger partial charge >= 0.3 is 0 Å². The molecule has 0 atom stereocenters. The maximum atomic E-state index is 5.52. The maximum absolute atomic E-state index is 5.52. The zero-order chi connectivity index (χ0) is 38.2. The van der Waals surface area contributed by atoms with Crippen molar-refractivity contribution in [1.29, 1.82) is 0 Å². The van der Waals surface area contributed by atoms with Gasteiger partial charge in [-0.3, -0.25) is 0 Å². The highest BCUT2D eigenvalue weighted by atomic mass is 14.8. The highest BCUT2D eigenvalue weighted by Gasteiger charge is 2.52. The van der Waals surface area contributed by atoms with Gasteiger partial charge in [0.25, 0.3) is 0 Å². The molecule has 58 heavy (non-hydrogen) atoms. The van der Waals surface area contributed by atoms with Gasteiger partial charge in [-0.25, -0.2) is 9.98 Å². The summed E-state index contributed by atoms with van der Waals surface area (Å²) in [6, 6.07) is 70.0. The van der Waals surface area contributed by atoms with Crippen molar-refractivity contribution >= 4 is 38.7 Å². The molecule has 2 nitrogen and oxygen atoms in total. The van der Waals surface area contributed by atoms with E-state index in [4.69, 9.17) is 9.98 Å². The second-order valence-electron chi connectivity index (χ2n) is 15.3. The first-order valence-corrected chi connectivity index (χ1v) is 19.9. The molecule has 2 heteroatoms. The second-order valence-corrected chi connectivity index (χ2v) is 15.3. The summed E-state index contributed by atoms with van der Waals surface area (Å²) in [7, 11) is 0. The smallest absolute Gasteiger partial charge is 0.113 e. The van der Waals surface area contributed by atoms with Crippen LogP contribution in [0.25, 0.3) is 66.5 Å². The van der Waals surface area contributed by atoms with Gasteiger partial charge in [-0.1, -0.05) is 194 Å². The van der Waals surface area contributed by atoms with Crippen molar-refractivity contribution in [3.8, 4) is 33.5 Å². The Balaban J connectivity index is 1.08. The molecule has 12 rings (SSSR count). The van der Waals surface area contributed by atoms with Crippen LogP contribution in [0.5, 0.6) is 0 Å². The Labute approximate surface area is 337 Å². The van der Waals surface area contributed by atoms with Gasteiger partial charge in [0.1, 0.15) is 5.70 Å². The summed E-state index contributed by atoms with van der Waals surface area (Å²) in [6.45, 7) is 0. The molecule has 9 aromatic rings. The summed E-state index contributed by atoms with van der Waals surface area (Å²) in [6.07, 6.45) is 4.23. The van der Waals surface area contributed by atoms with E-state index in [0.29, 0.717) is 0 Å². The standard InChI is InChI=1S/C56H34N2/c1-3-15-36(16-4-1)40-31-34-50(57-52(35-40)37-17-5-2-6-18-37)38-27-29-39(30-28-38)55-54-44(43-21-10-14-26-51(43)58-55)32-33-49-53(54)45-22-9-13-25-48(45)56(49)46-23-11-7-19-41(46)42-20-8-12-24-47(42)56/h1-33,35H. The first kappa shape index (κ1) is 32.6. The monoisotopic (exact) mass is 734 g/mol. The van der Waals surface area contributed by atoms with Crippen molar-refractivity contribution in [3.05, 3.63) is 251 Å². The number of aliphatic imine (C=N–C) groups is 1. The Kier molecular flexibility index (Phi) is 7.13. The molecule has 1 aliphatic heterocycles. The number of fused-ring (bicyclic) bond motifs is 14. The first-order chi connectivity index (χ1) is 28.8. The molecule has 2 aliphatic carbocycles. The number of allylic oxidation sites excluding steroid dienone is 3. The molecule has 3 aliphatic rings. The number of pyridine rings is 1. The van der Waals surface area contributed by atoms with Crippen molar-refractivity contribution < 1.29 is 0 Å². The highest BCUT2D eigenvalue weighted by Crippen LogP contribution is 2.64. The van der Waals surface area contributed by atoms with Gasteiger partial charge in [-0.15, -0.1) is 0 Å². The van der Waals surface area contributed by atoms with Crippen LogP contribution >= 0.6 is 0 Å². The Morgan fingerprint density at radius 3 is 1.69 bits per heavy atom. The van der Waals surface area contributed by atoms with E-state index in [9.17, 15) is 0 Å². The summed E-state index contributed by atoms with van der Waals surface area (Å²) in [4.78, 5) is 10.7. The summed E-state index contributed by atoms with van der Waals surface area (Å²) in [5, 5.41) is 3.55. The van der Waals surface area contributed by atoms with E-state index in [1.165, 1.54) is 55.3 Å². The SMILES string of the molecule is C1=CC(c2ccccc2)=CC(c2ccccc2)=NC=1c1ccc(-c2nc3ccccc3c3ccc4c(c23)-c2ccccc2C42c3ccccc3-c3ccccc32)cc1. The zero-order valence-corrected chi connectivity index (χ0v) is 31.5. The maximum Gasteiger partial charge on any atom is 0.113 e. The van der Waals surface area contributed by atoms with Crippen molar-refractivity contribution in [2.75, 3.05) is 0 Å². The molecule has 0 fully saturated rings. The van der Waals surface area contributed by atoms with Gasteiger partial charge in [0.2, 0.25) is 0 Å². The molecule has 0 unspecified atom stereocenters. The fourth-order valence-corrected chi connectivity index (χ4v) is 9.85. The molecule has 0 bridgehead atoms. The van der Waals surface area contributed by atoms with Crippen LogP contribution in [-0.4, -0.2) is 10.7 Å². The molecule has 1 spiro atoms. The lowest BCUT2D eigenvalue weighted by molar-refractivity contribution is 0.794. The quantitative estimate of drug-likeness (QED) is 0.131. The van der Waals surface area contributed by atoms with Crippen LogP contribution in [0.4, 0.5) is 0 Å². The van der Waals surface area contributed by atoms with Gasteiger partial charge in [0.15, 0.2) is 0 Å². The lowest BCUT2D eigenvalue weighted by atomic mass is 9.70. The Hall–Kier alpha value is -7.64. The molecule has 1 aromatic heterocycles. The molecule has 0 amide bonds. The summed E-state index contributed by atoms with van der Waals surface area (Å²) in [5.41, 5.74) is 22.6. The zero-order valence-electron chi connectivity index (χ0n) is 31.5. The van der Waals surface area contributed by atoms with Crippen LogP contribution in [0.3, 0.4) is 0 Å². The number of aromatic nitrogens is 1. The average molecular weight is 735 g/mol. The van der Waals surface area contributed by atoms with E-state index in [-0.39, 0.29) is 0 Å². The Morgan fingerprint density at radius 2 is 0.983 bits per heavy atom. The van der Waals surface area contributed by atoms with Gasteiger partial charge in [0.05, 0.1) is 22.3 Å². The number of hydrogen-bond acceptors (Lipinski definition) is 2. The number of nitrogens with zero attached hydrogens (tertiary/aromatic N) is 2. The van der Waals surface area contributed by atoms with Crippen LogP contribution in [0.15, 0.2) is 217 Å². The van der Waals surface area contributed by atoms with E-state index in [1.807, 2.05) is 12.1 Å². The summed E-state index contributed by atoms with van der Waals surface area (Å²) >= 11 is 0. The van der Waals surface area contributed by atoms with Gasteiger partial charge in [0, 0.05) is 27.5 Å². The molecular weight excluding hydrogens is 701 g/mol. The molecular formula is C56H34N2. The number of hydrogen-bond donors (Lipinski definition) is 0. The van der Waals surface area contributed by atoms with Gasteiger partial charge < -0.3 is 0 Å². The van der Waals surface area contributed by atoms with Crippen molar-refractivity contribution in [2.24, 2.45) is 4.99 Å². The topological polar surface area (TPSA) is 25.2 Å². The predicted octanol–water partition coefficient (Wildman–Crippen LogP) is 13.5. The average Bonchev–Trinajstić information content (AvgIpc) is 3.65. The number of para-hydroxylation sites is 1. The van der Waals surface area contributed by atoms with Crippen molar-refractivity contribution in [3.63, 3.8) is 0 Å². The van der Waals surface area contributed by atoms with Gasteiger partial charge in [-0.05, 0) is 79.2 Å². The molecule has 0 saturated heterocycles.